The SMILES string of the molecule is CCCN(CCC)Cc1cccc(/C=C/C(=N)c2c(C)ccc(NCC)c2C)c1. The average molecular weight is 392 g/mol. The molecule has 2 aromatic carbocycles. The summed E-state index contributed by atoms with van der Waals surface area (Å²) in [5.41, 5.74) is 7.46. The number of allylic oxidation sites excluding steroid dienone is 1. The molecule has 0 unspecified atom stereocenters. The predicted octanol–water partition coefficient (Wildman–Crippen LogP) is 6.44. The van der Waals surface area contributed by atoms with Crippen LogP contribution in [0.5, 0.6) is 0 Å². The highest BCUT2D eigenvalue weighted by Gasteiger charge is 2.10. The van der Waals surface area contributed by atoms with E-state index >= 15 is 0 Å². The summed E-state index contributed by atoms with van der Waals surface area (Å²) in [6.07, 6.45) is 6.36. The maximum Gasteiger partial charge on any atom is 0.0618 e. The molecule has 0 aromatic heterocycles. The maximum absolute atomic E-state index is 8.64. The predicted molar refractivity (Wildman–Crippen MR) is 128 cm³/mol. The number of rotatable bonds is 11. The molecule has 3 nitrogen and oxygen atoms in total. The van der Waals surface area contributed by atoms with Crippen LogP contribution >= 0.6 is 0 Å². The number of aryl methyl sites for hydroxylation is 1. The molecule has 0 saturated heterocycles. The van der Waals surface area contributed by atoms with Crippen LogP contribution in [-0.2, 0) is 6.54 Å². The number of benzene rings is 2. The molecule has 29 heavy (non-hydrogen) atoms. The summed E-state index contributed by atoms with van der Waals surface area (Å²) in [5, 5.41) is 12.0. The van der Waals surface area contributed by atoms with E-state index in [-0.39, 0.29) is 0 Å². The summed E-state index contributed by atoms with van der Waals surface area (Å²) in [6, 6.07) is 12.9. The number of anilines is 1. The highest BCUT2D eigenvalue weighted by atomic mass is 15.1. The van der Waals surface area contributed by atoms with Crippen molar-refractivity contribution < 1.29 is 0 Å². The normalized spacial score (nSPS) is 11.4. The molecule has 0 saturated carbocycles. The Morgan fingerprint density at radius 3 is 2.41 bits per heavy atom. The second-order valence-electron chi connectivity index (χ2n) is 7.73. The lowest BCUT2D eigenvalue weighted by Gasteiger charge is -2.21. The van der Waals surface area contributed by atoms with Gasteiger partial charge >= 0.3 is 0 Å². The molecule has 0 bridgehead atoms. The molecule has 3 heteroatoms. The van der Waals surface area contributed by atoms with Crippen molar-refractivity contribution in [2.24, 2.45) is 0 Å². The quantitative estimate of drug-likeness (QED) is 0.433. The molecule has 0 amide bonds. The molecular weight excluding hydrogens is 354 g/mol. The molecule has 0 radical (unpaired) electrons. The van der Waals surface area contributed by atoms with Gasteiger partial charge < -0.3 is 10.7 Å². The first kappa shape index (κ1) is 22.9. The van der Waals surface area contributed by atoms with Crippen molar-refractivity contribution in [2.75, 3.05) is 25.0 Å². The first-order chi connectivity index (χ1) is 14.0. The topological polar surface area (TPSA) is 39.1 Å². The minimum Gasteiger partial charge on any atom is -0.385 e. The summed E-state index contributed by atoms with van der Waals surface area (Å²) in [7, 11) is 0. The average Bonchev–Trinajstić information content (AvgIpc) is 2.69. The molecule has 0 heterocycles. The fraction of sp³-hybridized carbons (Fsp3) is 0.423. The Morgan fingerprint density at radius 2 is 1.76 bits per heavy atom. The Kier molecular flexibility index (Phi) is 9.14. The van der Waals surface area contributed by atoms with E-state index in [1.54, 1.807) is 0 Å². The summed E-state index contributed by atoms with van der Waals surface area (Å²) < 4.78 is 0. The van der Waals surface area contributed by atoms with Gasteiger partial charge in [0.05, 0.1) is 5.71 Å². The largest absolute Gasteiger partial charge is 0.385 e. The number of nitrogens with one attached hydrogen (secondary N) is 2. The smallest absolute Gasteiger partial charge is 0.0618 e. The minimum atomic E-state index is 0.559. The summed E-state index contributed by atoms with van der Waals surface area (Å²) in [6.45, 7) is 14.9. The van der Waals surface area contributed by atoms with Gasteiger partial charge in [-0.15, -0.1) is 0 Å². The van der Waals surface area contributed by atoms with Crippen LogP contribution in [0.3, 0.4) is 0 Å². The van der Waals surface area contributed by atoms with E-state index in [1.807, 2.05) is 6.08 Å². The van der Waals surface area contributed by atoms with Crippen molar-refractivity contribution in [3.8, 4) is 0 Å². The molecule has 156 valence electrons. The van der Waals surface area contributed by atoms with Crippen LogP contribution in [0.1, 0.15) is 61.4 Å². The van der Waals surface area contributed by atoms with Crippen LogP contribution in [0, 0.1) is 19.3 Å². The summed E-state index contributed by atoms with van der Waals surface area (Å²) >= 11 is 0. The van der Waals surface area contributed by atoms with Gasteiger partial charge in [0.25, 0.3) is 0 Å². The number of hydrogen-bond donors (Lipinski definition) is 2. The van der Waals surface area contributed by atoms with Crippen LogP contribution in [0.2, 0.25) is 0 Å². The van der Waals surface area contributed by atoms with Gasteiger partial charge in [-0.25, -0.2) is 0 Å². The molecule has 2 rings (SSSR count). The fourth-order valence-electron chi connectivity index (χ4n) is 3.86. The molecule has 2 aromatic rings. The van der Waals surface area contributed by atoms with Crippen molar-refractivity contribution in [3.63, 3.8) is 0 Å². The van der Waals surface area contributed by atoms with Crippen molar-refractivity contribution >= 4 is 17.5 Å². The van der Waals surface area contributed by atoms with E-state index in [0.29, 0.717) is 5.71 Å². The van der Waals surface area contributed by atoms with E-state index < -0.39 is 0 Å². The third kappa shape index (κ3) is 6.57. The van der Waals surface area contributed by atoms with Gasteiger partial charge in [-0.2, -0.15) is 0 Å². The van der Waals surface area contributed by atoms with Crippen LogP contribution in [-0.4, -0.2) is 30.2 Å². The van der Waals surface area contributed by atoms with Gasteiger partial charge in [0.1, 0.15) is 0 Å². The van der Waals surface area contributed by atoms with Crippen LogP contribution < -0.4 is 5.32 Å². The van der Waals surface area contributed by atoms with Crippen LogP contribution in [0.4, 0.5) is 5.69 Å². The lowest BCUT2D eigenvalue weighted by molar-refractivity contribution is 0.266. The lowest BCUT2D eigenvalue weighted by Crippen LogP contribution is -2.24. The van der Waals surface area contributed by atoms with Crippen molar-refractivity contribution in [2.45, 2.75) is 54.0 Å². The van der Waals surface area contributed by atoms with Crippen molar-refractivity contribution in [3.05, 3.63) is 70.3 Å². The number of hydrogen-bond acceptors (Lipinski definition) is 3. The van der Waals surface area contributed by atoms with E-state index in [4.69, 9.17) is 5.41 Å². The van der Waals surface area contributed by atoms with Gasteiger partial charge in [0, 0.05) is 24.3 Å². The Morgan fingerprint density at radius 1 is 1.03 bits per heavy atom. The maximum atomic E-state index is 8.64. The molecule has 2 N–H and O–H groups in total. The van der Waals surface area contributed by atoms with Crippen LogP contribution in [0.15, 0.2) is 42.5 Å². The first-order valence-corrected chi connectivity index (χ1v) is 10.9. The molecule has 0 aliphatic rings. The van der Waals surface area contributed by atoms with Crippen molar-refractivity contribution in [1.29, 1.82) is 5.41 Å². The Labute approximate surface area is 177 Å². The molecule has 0 aliphatic heterocycles. The minimum absolute atomic E-state index is 0.559. The highest BCUT2D eigenvalue weighted by Crippen LogP contribution is 2.23. The Bertz CT molecular complexity index is 830. The zero-order chi connectivity index (χ0) is 21.2. The van der Waals surface area contributed by atoms with Gasteiger partial charge in [-0.05, 0) is 81.1 Å². The van der Waals surface area contributed by atoms with E-state index in [2.05, 4.69) is 87.3 Å². The Balaban J connectivity index is 2.18. The first-order valence-electron chi connectivity index (χ1n) is 10.9. The van der Waals surface area contributed by atoms with E-state index in [0.717, 1.165) is 54.1 Å². The van der Waals surface area contributed by atoms with Crippen molar-refractivity contribution in [1.82, 2.24) is 4.90 Å². The Hall–Kier alpha value is -2.39. The monoisotopic (exact) mass is 391 g/mol. The van der Waals surface area contributed by atoms with Gasteiger partial charge in [-0.3, -0.25) is 4.90 Å². The molecule has 0 atom stereocenters. The van der Waals surface area contributed by atoms with E-state index in [1.165, 1.54) is 18.4 Å². The van der Waals surface area contributed by atoms with Gasteiger partial charge in [0.2, 0.25) is 0 Å². The fourth-order valence-corrected chi connectivity index (χ4v) is 3.86. The highest BCUT2D eigenvalue weighted by molar-refractivity contribution is 6.11. The standard InChI is InChI=1S/C26H37N3/c1-6-16-29(17-7-2)19-23-11-9-10-22(18-23)13-14-24(27)26-20(4)12-15-25(21(26)5)28-8-3/h9-15,18,27-28H,6-8,16-17,19H2,1-5H3/b14-13+,27-24?. The number of nitrogens with zero attached hydrogens (tertiary/aromatic N) is 1. The molecular formula is C26H37N3. The third-order valence-corrected chi connectivity index (χ3v) is 5.19. The summed E-state index contributed by atoms with van der Waals surface area (Å²) in [4.78, 5) is 2.52. The second kappa shape index (κ2) is 11.6. The lowest BCUT2D eigenvalue weighted by atomic mass is 9.96. The molecule has 0 fully saturated rings. The summed E-state index contributed by atoms with van der Waals surface area (Å²) in [5.74, 6) is 0. The molecule has 0 spiro atoms. The zero-order valence-electron chi connectivity index (χ0n) is 18.8. The van der Waals surface area contributed by atoms with Gasteiger partial charge in [0.15, 0.2) is 0 Å². The zero-order valence-corrected chi connectivity index (χ0v) is 18.8. The second-order valence-corrected chi connectivity index (χ2v) is 7.73. The van der Waals surface area contributed by atoms with Gasteiger partial charge in [-0.1, -0.05) is 50.3 Å². The van der Waals surface area contributed by atoms with E-state index in [9.17, 15) is 0 Å². The molecule has 0 aliphatic carbocycles. The van der Waals surface area contributed by atoms with Crippen LogP contribution in [0.25, 0.3) is 6.08 Å². The third-order valence-electron chi connectivity index (χ3n) is 5.19.